The van der Waals surface area contributed by atoms with Crippen molar-refractivity contribution in [2.75, 3.05) is 50.7 Å². The number of ether oxygens (including phenoxy) is 2. The third kappa shape index (κ3) is 9.79. The molecule has 6 aromatic rings. The minimum absolute atomic E-state index is 0.0174. The molecule has 0 bridgehead atoms. The molecule has 5 heterocycles. The summed E-state index contributed by atoms with van der Waals surface area (Å²) < 4.78 is 47.6. The van der Waals surface area contributed by atoms with E-state index in [-0.39, 0.29) is 63.4 Å². The van der Waals surface area contributed by atoms with Gasteiger partial charge < -0.3 is 30.3 Å². The number of nitrogens with zero attached hydrogens (tertiary/aromatic N) is 5. The predicted octanol–water partition coefficient (Wildman–Crippen LogP) is 10.2. The molecule has 11 rings (SSSR count). The van der Waals surface area contributed by atoms with Gasteiger partial charge >= 0.3 is 6.03 Å². The summed E-state index contributed by atoms with van der Waals surface area (Å²) in [6, 6.07) is 28.3. The molecule has 0 radical (unpaired) electrons. The molecule has 4 N–H and O–H groups in total. The second-order valence-electron chi connectivity index (χ2n) is 21.4. The van der Waals surface area contributed by atoms with Gasteiger partial charge in [-0.05, 0) is 124 Å². The molecule has 5 amide bonds. The van der Waals surface area contributed by atoms with E-state index in [0.29, 0.717) is 42.1 Å². The second-order valence-corrected chi connectivity index (χ2v) is 21.7. The molecule has 5 aromatic carbocycles. The number of carbonyl (C=O) groups is 4. The number of carbonyl (C=O) groups excluding carboxylic acids is 4. The van der Waals surface area contributed by atoms with Gasteiger partial charge in [0.1, 0.15) is 17.3 Å². The smallest absolute Gasteiger partial charge is 0.329 e. The lowest BCUT2D eigenvalue weighted by molar-refractivity contribution is -0.138. The van der Waals surface area contributed by atoms with E-state index >= 15 is 8.78 Å². The Hall–Kier alpha value is -6.88. The third-order valence-corrected chi connectivity index (χ3v) is 17.3. The lowest BCUT2D eigenvalue weighted by atomic mass is 9.77. The number of benzene rings is 5. The molecule has 396 valence electrons. The molecule has 1 saturated carbocycles. The average Bonchev–Trinajstić information content (AvgIpc) is 3.96. The van der Waals surface area contributed by atoms with E-state index in [2.05, 4.69) is 43.7 Å². The molecule has 2 atom stereocenters. The van der Waals surface area contributed by atoms with Crippen molar-refractivity contribution in [2.24, 2.45) is 24.6 Å². The van der Waals surface area contributed by atoms with E-state index in [1.807, 2.05) is 49.0 Å². The highest BCUT2D eigenvalue weighted by molar-refractivity contribution is 6.34. The Balaban J connectivity index is 0.696. The number of hydrogen-bond donors (Lipinski definition) is 3. The van der Waals surface area contributed by atoms with Crippen molar-refractivity contribution < 1.29 is 37.4 Å². The Labute approximate surface area is 445 Å². The Morgan fingerprint density at radius 3 is 2.28 bits per heavy atom. The fourth-order valence-corrected chi connectivity index (χ4v) is 12.9. The monoisotopic (exact) mass is 1050 g/mol. The minimum Gasteiger partial charge on any atom is -0.480 e. The summed E-state index contributed by atoms with van der Waals surface area (Å²) in [5.41, 5.74) is 7.82. The van der Waals surface area contributed by atoms with Crippen LogP contribution in [0.3, 0.4) is 0 Å². The molecule has 17 heteroatoms. The van der Waals surface area contributed by atoms with Gasteiger partial charge in [0, 0.05) is 92.2 Å². The Morgan fingerprint density at radius 2 is 1.58 bits per heavy atom. The summed E-state index contributed by atoms with van der Waals surface area (Å²) in [5.74, 6) is -1.35. The van der Waals surface area contributed by atoms with Gasteiger partial charge in [-0.2, -0.15) is 5.10 Å². The van der Waals surface area contributed by atoms with Gasteiger partial charge in [0.15, 0.2) is 23.0 Å². The summed E-state index contributed by atoms with van der Waals surface area (Å²) >= 11 is 6.82. The van der Waals surface area contributed by atoms with Crippen molar-refractivity contribution in [1.82, 2.24) is 30.2 Å². The van der Waals surface area contributed by atoms with Gasteiger partial charge in [-0.15, -0.1) is 0 Å². The summed E-state index contributed by atoms with van der Waals surface area (Å²) in [7, 11) is 1.89. The largest absolute Gasteiger partial charge is 0.480 e. The highest BCUT2D eigenvalue weighted by Gasteiger charge is 2.50. The topological polar surface area (TPSA) is 164 Å². The van der Waals surface area contributed by atoms with Crippen LogP contribution in [0.1, 0.15) is 104 Å². The highest BCUT2D eigenvalue weighted by Crippen LogP contribution is 2.57. The molecule has 4 aliphatic heterocycles. The normalized spacial score (nSPS) is 22.6. The van der Waals surface area contributed by atoms with Crippen molar-refractivity contribution in [3.63, 3.8) is 0 Å². The Kier molecular flexibility index (Phi) is 14.3. The zero-order chi connectivity index (χ0) is 52.8. The number of fused-ring (bicyclic) bond motifs is 2. The fraction of sp³-hybridized carbons (Fsp3) is 0.407. The number of piperidine rings is 2. The number of urea groups is 1. The van der Waals surface area contributed by atoms with Crippen LogP contribution in [-0.2, 0) is 22.2 Å². The first-order valence-electron chi connectivity index (χ1n) is 26.7. The predicted molar refractivity (Wildman–Crippen MR) is 287 cm³/mol. The molecule has 5 aliphatic rings. The zero-order valence-electron chi connectivity index (χ0n) is 42.8. The number of para-hydroxylation sites is 1. The van der Waals surface area contributed by atoms with Gasteiger partial charge in [-0.25, -0.2) is 13.6 Å². The minimum atomic E-state index is -1.09. The van der Waals surface area contributed by atoms with Gasteiger partial charge in [0.05, 0.1) is 16.1 Å². The highest BCUT2D eigenvalue weighted by atomic mass is 35.5. The van der Waals surface area contributed by atoms with Crippen LogP contribution >= 0.6 is 11.6 Å². The number of aryl methyl sites for hydroxylation is 1. The van der Waals surface area contributed by atoms with Crippen molar-refractivity contribution in [3.05, 3.63) is 136 Å². The van der Waals surface area contributed by atoms with E-state index in [1.165, 1.54) is 23.8 Å². The number of rotatable bonds is 13. The zero-order valence-corrected chi connectivity index (χ0v) is 43.6. The first-order chi connectivity index (χ1) is 36.8. The summed E-state index contributed by atoms with van der Waals surface area (Å²) in [5, 5.41) is 11.4. The molecule has 3 saturated heterocycles. The van der Waals surface area contributed by atoms with Crippen LogP contribution in [0.4, 0.5) is 19.4 Å². The average molecular weight is 1050 g/mol. The molecule has 4 fully saturated rings. The first kappa shape index (κ1) is 51.2. The fourth-order valence-electron chi connectivity index (χ4n) is 12.6. The number of aromatic nitrogens is 2. The molecule has 1 aromatic heterocycles. The second kappa shape index (κ2) is 21.3. The molecular formula is C59H63ClF2N8O6. The van der Waals surface area contributed by atoms with Crippen LogP contribution in [-0.4, -0.2) is 95.2 Å². The lowest BCUT2D eigenvalue weighted by Crippen LogP contribution is -2.49. The number of halogens is 3. The van der Waals surface area contributed by atoms with E-state index in [4.69, 9.17) is 26.8 Å². The van der Waals surface area contributed by atoms with Crippen molar-refractivity contribution in [2.45, 2.75) is 88.2 Å². The van der Waals surface area contributed by atoms with Crippen LogP contribution in [0.25, 0.3) is 22.0 Å². The molecular weight excluding hydrogens is 990 g/mol. The molecule has 14 nitrogen and oxygen atoms in total. The lowest BCUT2D eigenvalue weighted by Gasteiger charge is -2.40. The van der Waals surface area contributed by atoms with Crippen LogP contribution in [0.15, 0.2) is 97.1 Å². The van der Waals surface area contributed by atoms with Gasteiger partial charge in [-0.3, -0.25) is 29.3 Å². The SMILES string of the molecule is CC1c2c(cc(F)c(Cl)c2-c2c(C(N)=O)ccc(Oc3ccccc3)c2F)OC1(CNC1CCC(C(=O)N2CCC(CN3CCC(c4ccc5c(N6CCC(=O)NC6=O)nn(C)c5c4)CC3)CC2)CC1)c1ccccc1. The maximum atomic E-state index is 16.9. The number of imide groups is 1. The van der Waals surface area contributed by atoms with Gasteiger partial charge in [-0.1, -0.05) is 73.1 Å². The van der Waals surface area contributed by atoms with E-state index in [0.717, 1.165) is 101 Å². The number of anilines is 1. The van der Waals surface area contributed by atoms with Crippen molar-refractivity contribution in [1.29, 1.82) is 0 Å². The number of nitrogens with one attached hydrogen (secondary N) is 2. The number of nitrogens with two attached hydrogens (primary N) is 1. The number of amides is 5. The van der Waals surface area contributed by atoms with Crippen molar-refractivity contribution >= 4 is 52.1 Å². The van der Waals surface area contributed by atoms with Crippen LogP contribution in [0.5, 0.6) is 17.2 Å². The Bertz CT molecular complexity index is 3190. The van der Waals surface area contributed by atoms with Crippen molar-refractivity contribution in [3.8, 4) is 28.4 Å². The molecule has 0 spiro atoms. The summed E-state index contributed by atoms with van der Waals surface area (Å²) in [6.45, 7) is 7.21. The molecule has 1 aliphatic carbocycles. The Morgan fingerprint density at radius 1 is 0.868 bits per heavy atom. The number of hydrogen-bond acceptors (Lipinski definition) is 9. The molecule has 76 heavy (non-hydrogen) atoms. The van der Waals surface area contributed by atoms with Gasteiger partial charge in [0.25, 0.3) is 0 Å². The maximum Gasteiger partial charge on any atom is 0.329 e. The van der Waals surface area contributed by atoms with E-state index in [9.17, 15) is 19.2 Å². The van der Waals surface area contributed by atoms with Crippen LogP contribution < -0.4 is 30.7 Å². The summed E-state index contributed by atoms with van der Waals surface area (Å²) in [6.07, 6.45) is 7.46. The van der Waals surface area contributed by atoms with Crippen LogP contribution in [0.2, 0.25) is 5.02 Å². The standard InChI is InChI=1S/C59H63ClF2N8O6/c1-35-50-48(32-45(61)53(60)52(50)51-44(55(63)72)19-20-47(54(51)62)75-42-11-7-4-8-12-42)76-59(35,40-9-5-3-6-10-40)34-64-41-16-13-38(14-17-41)57(73)69-28-21-36(22-29-69)33-68-26-23-37(24-27-68)39-15-18-43-46(31-39)67(2)66-56(43)70-30-25-49(71)65-58(70)74/h3-12,15,18-20,31-32,35-38,41,64H,13-14,16-17,21-30,33-34H2,1-2H3,(H2,63,72)(H,65,71,74). The first-order valence-corrected chi connectivity index (χ1v) is 27.1. The third-order valence-electron chi connectivity index (χ3n) is 16.9. The number of primary amides is 1. The summed E-state index contributed by atoms with van der Waals surface area (Å²) in [4.78, 5) is 57.6. The quantitative estimate of drug-likeness (QED) is 0.102. The van der Waals surface area contributed by atoms with E-state index < -0.39 is 35.1 Å². The van der Waals surface area contributed by atoms with Crippen LogP contribution in [0, 0.1) is 23.5 Å². The van der Waals surface area contributed by atoms with E-state index in [1.54, 1.807) is 35.2 Å². The number of likely N-dealkylation sites (tertiary alicyclic amines) is 2. The van der Waals surface area contributed by atoms with Gasteiger partial charge in [0.2, 0.25) is 17.7 Å². The maximum absolute atomic E-state index is 16.9. The molecule has 2 unspecified atom stereocenters.